The number of carbonyl (C=O) groups excluding carboxylic acids is 1. The molecule has 3 rings (SSSR count). The lowest BCUT2D eigenvalue weighted by Gasteiger charge is -2.38. The summed E-state index contributed by atoms with van der Waals surface area (Å²) < 4.78 is 5.83. The minimum absolute atomic E-state index is 0.0507. The van der Waals surface area contributed by atoms with Crippen LogP contribution in [0.3, 0.4) is 0 Å². The van der Waals surface area contributed by atoms with Crippen molar-refractivity contribution in [3.8, 4) is 0 Å². The fourth-order valence-electron chi connectivity index (χ4n) is 3.81. The third-order valence-electron chi connectivity index (χ3n) is 5.59. The fourth-order valence-corrected chi connectivity index (χ4v) is 3.81. The third kappa shape index (κ3) is 5.53. The Morgan fingerprint density at radius 3 is 2.54 bits per heavy atom. The molecule has 1 unspecified atom stereocenters. The Morgan fingerprint density at radius 1 is 1.12 bits per heavy atom. The van der Waals surface area contributed by atoms with E-state index in [4.69, 9.17) is 4.74 Å². The second kappa shape index (κ2) is 9.49. The summed E-state index contributed by atoms with van der Waals surface area (Å²) in [5.41, 5.74) is 1.38. The molecule has 2 aliphatic rings. The highest BCUT2D eigenvalue weighted by molar-refractivity contribution is 5.76. The minimum Gasteiger partial charge on any atom is -0.375 e. The normalized spacial score (nSPS) is 22.7. The van der Waals surface area contributed by atoms with Gasteiger partial charge in [0, 0.05) is 51.9 Å². The van der Waals surface area contributed by atoms with Crippen LogP contribution in [0.5, 0.6) is 0 Å². The number of hydrogen-bond acceptors (Lipinski definition) is 4. The molecule has 2 aliphatic heterocycles. The van der Waals surface area contributed by atoms with Gasteiger partial charge in [0.05, 0.1) is 19.1 Å². The molecule has 26 heavy (non-hydrogen) atoms. The summed E-state index contributed by atoms with van der Waals surface area (Å²) in [6.45, 7) is 11.7. The second-order valence-electron chi connectivity index (χ2n) is 7.74. The highest BCUT2D eigenvalue weighted by Crippen LogP contribution is 2.14. The molecule has 1 amide bonds. The average molecular weight is 360 g/mol. The zero-order chi connectivity index (χ0) is 18.4. The predicted octanol–water partition coefficient (Wildman–Crippen LogP) is 1.87. The number of morpholine rings is 1. The van der Waals surface area contributed by atoms with Gasteiger partial charge in [-0.05, 0) is 25.8 Å². The Bertz CT molecular complexity index is 556. The number of piperazine rings is 1. The minimum atomic E-state index is 0.0507. The maximum atomic E-state index is 12.6. The zero-order valence-corrected chi connectivity index (χ0v) is 16.3. The molecule has 0 aromatic heterocycles. The van der Waals surface area contributed by atoms with Gasteiger partial charge in [0.25, 0.3) is 0 Å². The molecule has 0 aliphatic carbocycles. The van der Waals surface area contributed by atoms with Crippen molar-refractivity contribution in [2.24, 2.45) is 0 Å². The van der Waals surface area contributed by atoms with Crippen molar-refractivity contribution < 1.29 is 9.53 Å². The quantitative estimate of drug-likeness (QED) is 0.777. The molecule has 5 heteroatoms. The van der Waals surface area contributed by atoms with Gasteiger partial charge in [-0.1, -0.05) is 30.3 Å². The molecular formula is C21H33N3O2. The van der Waals surface area contributed by atoms with Gasteiger partial charge in [-0.15, -0.1) is 0 Å². The lowest BCUT2D eigenvalue weighted by molar-refractivity contribution is -0.138. The molecule has 0 bridgehead atoms. The van der Waals surface area contributed by atoms with E-state index in [1.54, 1.807) is 0 Å². The smallest absolute Gasteiger partial charge is 0.225 e. The lowest BCUT2D eigenvalue weighted by Crippen LogP contribution is -2.51. The first-order valence-electron chi connectivity index (χ1n) is 10.0. The number of rotatable bonds is 6. The summed E-state index contributed by atoms with van der Waals surface area (Å²) in [5, 5.41) is 0. The number of hydrogen-bond donors (Lipinski definition) is 0. The van der Waals surface area contributed by atoms with Gasteiger partial charge in [-0.3, -0.25) is 14.6 Å². The van der Waals surface area contributed by atoms with E-state index in [1.165, 1.54) is 5.56 Å². The molecule has 5 nitrogen and oxygen atoms in total. The van der Waals surface area contributed by atoms with E-state index >= 15 is 0 Å². The van der Waals surface area contributed by atoms with Crippen LogP contribution in [0.1, 0.15) is 25.8 Å². The van der Waals surface area contributed by atoms with Crippen molar-refractivity contribution in [3.63, 3.8) is 0 Å². The van der Waals surface area contributed by atoms with Crippen LogP contribution >= 0.6 is 0 Å². The maximum absolute atomic E-state index is 12.6. The van der Waals surface area contributed by atoms with Crippen LogP contribution < -0.4 is 0 Å². The van der Waals surface area contributed by atoms with Crippen molar-refractivity contribution >= 4 is 5.91 Å². The third-order valence-corrected chi connectivity index (χ3v) is 5.59. The van der Waals surface area contributed by atoms with Gasteiger partial charge in [0.1, 0.15) is 0 Å². The monoisotopic (exact) mass is 359 g/mol. The van der Waals surface area contributed by atoms with Crippen LogP contribution in [0.25, 0.3) is 0 Å². The average Bonchev–Trinajstić information content (AvgIpc) is 2.68. The van der Waals surface area contributed by atoms with E-state index in [0.717, 1.165) is 58.8 Å². The summed E-state index contributed by atoms with van der Waals surface area (Å²) >= 11 is 0. The first kappa shape index (κ1) is 19.3. The van der Waals surface area contributed by atoms with E-state index in [9.17, 15) is 4.79 Å². The second-order valence-corrected chi connectivity index (χ2v) is 7.74. The Morgan fingerprint density at radius 2 is 1.85 bits per heavy atom. The number of ether oxygens (including phenoxy) is 1. The molecule has 1 atom stereocenters. The maximum Gasteiger partial charge on any atom is 0.225 e. The van der Waals surface area contributed by atoms with Gasteiger partial charge in [0.2, 0.25) is 5.91 Å². The van der Waals surface area contributed by atoms with Crippen LogP contribution in [0.2, 0.25) is 0 Å². The Kier molecular flexibility index (Phi) is 7.06. The van der Waals surface area contributed by atoms with Crippen LogP contribution in [0.4, 0.5) is 0 Å². The topological polar surface area (TPSA) is 36.0 Å². The van der Waals surface area contributed by atoms with Gasteiger partial charge in [-0.25, -0.2) is 0 Å². The molecule has 2 fully saturated rings. The summed E-state index contributed by atoms with van der Waals surface area (Å²) in [5.74, 6) is 0.253. The number of nitrogens with zero attached hydrogens (tertiary/aromatic N) is 3. The number of carbonyl (C=O) groups is 1. The molecule has 144 valence electrons. The standard InChI is InChI=1S/C21H33N3O2/c1-18(2)24-14-15-26-20(17-24)16-21(25)23-12-10-22(11-13-23)9-8-19-6-4-3-5-7-19/h3-7,18,20H,8-17H2,1-2H3. The summed E-state index contributed by atoms with van der Waals surface area (Å²) in [4.78, 5) is 19.5. The van der Waals surface area contributed by atoms with E-state index in [2.05, 4.69) is 54.0 Å². The van der Waals surface area contributed by atoms with Crippen LogP contribution in [-0.4, -0.2) is 85.2 Å². The summed E-state index contributed by atoms with van der Waals surface area (Å²) in [6, 6.07) is 11.1. The Labute approximate surface area is 157 Å². The van der Waals surface area contributed by atoms with Gasteiger partial charge >= 0.3 is 0 Å². The fraction of sp³-hybridized carbons (Fsp3) is 0.667. The Balaban J connectivity index is 1.38. The Hall–Kier alpha value is -1.43. The predicted molar refractivity (Wildman–Crippen MR) is 104 cm³/mol. The summed E-state index contributed by atoms with van der Waals surface area (Å²) in [7, 11) is 0. The SMILES string of the molecule is CC(C)N1CCOC(CC(=O)N2CCN(CCc3ccccc3)CC2)C1. The van der Waals surface area contributed by atoms with Crippen LogP contribution in [0, 0.1) is 0 Å². The van der Waals surface area contributed by atoms with Gasteiger partial charge in [-0.2, -0.15) is 0 Å². The van der Waals surface area contributed by atoms with Crippen LogP contribution in [-0.2, 0) is 16.0 Å². The number of benzene rings is 1. The highest BCUT2D eigenvalue weighted by atomic mass is 16.5. The molecule has 1 aromatic rings. The first-order chi connectivity index (χ1) is 12.6. The molecule has 0 spiro atoms. The molecule has 0 saturated carbocycles. The first-order valence-corrected chi connectivity index (χ1v) is 10.0. The van der Waals surface area contributed by atoms with E-state index in [0.29, 0.717) is 12.5 Å². The molecule has 2 heterocycles. The molecule has 2 saturated heterocycles. The lowest BCUT2D eigenvalue weighted by atomic mass is 10.1. The van der Waals surface area contributed by atoms with Gasteiger partial charge in [0.15, 0.2) is 0 Å². The molecule has 1 aromatic carbocycles. The molecule has 0 radical (unpaired) electrons. The van der Waals surface area contributed by atoms with Crippen molar-refractivity contribution in [1.29, 1.82) is 0 Å². The van der Waals surface area contributed by atoms with Gasteiger partial charge < -0.3 is 9.64 Å². The van der Waals surface area contributed by atoms with Crippen molar-refractivity contribution in [3.05, 3.63) is 35.9 Å². The molecular weight excluding hydrogens is 326 g/mol. The van der Waals surface area contributed by atoms with E-state index in [1.807, 2.05) is 4.90 Å². The number of amides is 1. The van der Waals surface area contributed by atoms with Crippen molar-refractivity contribution in [1.82, 2.24) is 14.7 Å². The van der Waals surface area contributed by atoms with Crippen molar-refractivity contribution in [2.45, 2.75) is 38.8 Å². The van der Waals surface area contributed by atoms with Crippen LogP contribution in [0.15, 0.2) is 30.3 Å². The summed E-state index contributed by atoms with van der Waals surface area (Å²) in [6.07, 6.45) is 1.65. The van der Waals surface area contributed by atoms with E-state index < -0.39 is 0 Å². The van der Waals surface area contributed by atoms with Crippen molar-refractivity contribution in [2.75, 3.05) is 52.4 Å². The molecule has 0 N–H and O–H groups in total. The largest absolute Gasteiger partial charge is 0.375 e. The van der Waals surface area contributed by atoms with E-state index in [-0.39, 0.29) is 12.0 Å². The highest BCUT2D eigenvalue weighted by Gasteiger charge is 2.27. The zero-order valence-electron chi connectivity index (χ0n) is 16.3.